The lowest BCUT2D eigenvalue weighted by Crippen LogP contribution is -2.40. The Morgan fingerprint density at radius 3 is 1.72 bits per heavy atom. The van der Waals surface area contributed by atoms with E-state index in [9.17, 15) is 0 Å². The van der Waals surface area contributed by atoms with Gasteiger partial charge in [-0.25, -0.2) is 0 Å². The summed E-state index contributed by atoms with van der Waals surface area (Å²) in [6.45, 7) is 2.68. The number of hydrogen-bond acceptors (Lipinski definition) is 0. The van der Waals surface area contributed by atoms with Crippen molar-refractivity contribution in [3.05, 3.63) is 126 Å². The van der Waals surface area contributed by atoms with Crippen molar-refractivity contribution in [3.8, 4) is 22.3 Å². The molecule has 0 aliphatic carbocycles. The molecule has 1 aliphatic heterocycles. The molecule has 0 atom stereocenters. The van der Waals surface area contributed by atoms with Crippen LogP contribution in [0, 0.1) is 6.92 Å². The maximum Gasteiger partial charge on any atom is 0.186 e. The van der Waals surface area contributed by atoms with Gasteiger partial charge < -0.3 is 0 Å². The molecule has 0 aromatic heterocycles. The van der Waals surface area contributed by atoms with E-state index in [-0.39, 0.29) is 0 Å². The summed E-state index contributed by atoms with van der Waals surface area (Å²) in [5.74, 6) is 0. The summed E-state index contributed by atoms with van der Waals surface area (Å²) in [6, 6.07) is 40.1. The van der Waals surface area contributed by atoms with Crippen LogP contribution >= 0.6 is 0 Å². The second kappa shape index (κ2) is 7.84. The van der Waals surface area contributed by atoms with Crippen LogP contribution in [0.25, 0.3) is 33.0 Å². The maximum atomic E-state index is 2.36. The number of hydrogen-bond donors (Lipinski definition) is 0. The third-order valence-electron chi connectivity index (χ3n) is 7.05. The largest absolute Gasteiger partial charge is 0.186 e. The molecule has 152 valence electrons. The van der Waals surface area contributed by atoms with Crippen molar-refractivity contribution < 1.29 is 0 Å². The first-order valence-electron chi connectivity index (χ1n) is 11.5. The molecule has 0 nitrogen and oxygen atoms in total. The standard InChI is InChI=1S/C31H25B/c1-22-18-19-26-21-32(20-25-14-8-15-27(22)30(25)26)31-28(23-10-4-2-5-11-23)16-9-17-29(31)24-12-6-3-7-13-24/h2-19H,20-21H2,1H3. The van der Waals surface area contributed by atoms with Gasteiger partial charge in [0, 0.05) is 0 Å². The first-order chi connectivity index (χ1) is 15.8. The summed E-state index contributed by atoms with van der Waals surface area (Å²) in [5, 5.41) is 2.90. The van der Waals surface area contributed by atoms with E-state index >= 15 is 0 Å². The van der Waals surface area contributed by atoms with Gasteiger partial charge in [-0.15, -0.1) is 0 Å². The first-order valence-corrected chi connectivity index (χ1v) is 11.5. The molecule has 0 unspecified atom stereocenters. The van der Waals surface area contributed by atoms with Gasteiger partial charge in [0.1, 0.15) is 0 Å². The minimum atomic E-state index is 0.447. The molecule has 0 saturated carbocycles. The van der Waals surface area contributed by atoms with Gasteiger partial charge in [-0.2, -0.15) is 0 Å². The van der Waals surface area contributed by atoms with Crippen molar-refractivity contribution in [2.24, 2.45) is 0 Å². The van der Waals surface area contributed by atoms with Crippen LogP contribution in [0.5, 0.6) is 0 Å². The van der Waals surface area contributed by atoms with Gasteiger partial charge in [0.05, 0.1) is 0 Å². The highest BCUT2D eigenvalue weighted by molar-refractivity contribution is 6.75. The topological polar surface area (TPSA) is 0 Å². The van der Waals surface area contributed by atoms with Crippen LogP contribution in [0.1, 0.15) is 16.7 Å². The highest BCUT2D eigenvalue weighted by Gasteiger charge is 2.29. The molecule has 5 aromatic carbocycles. The van der Waals surface area contributed by atoms with E-state index in [4.69, 9.17) is 0 Å². The molecular formula is C31H25B. The second-order valence-corrected chi connectivity index (χ2v) is 8.99. The predicted octanol–water partition coefficient (Wildman–Crippen LogP) is 7.06. The van der Waals surface area contributed by atoms with Crippen molar-refractivity contribution in [1.29, 1.82) is 0 Å². The van der Waals surface area contributed by atoms with Crippen molar-refractivity contribution in [1.82, 2.24) is 0 Å². The van der Waals surface area contributed by atoms with Gasteiger partial charge in [-0.3, -0.25) is 0 Å². The quantitative estimate of drug-likeness (QED) is 0.280. The molecule has 0 spiro atoms. The van der Waals surface area contributed by atoms with Crippen molar-refractivity contribution >= 4 is 22.9 Å². The monoisotopic (exact) mass is 408 g/mol. The molecule has 5 aromatic rings. The zero-order valence-electron chi connectivity index (χ0n) is 18.4. The lowest BCUT2D eigenvalue weighted by molar-refractivity contribution is 1.25. The lowest BCUT2D eigenvalue weighted by atomic mass is 9.35. The van der Waals surface area contributed by atoms with E-state index in [1.165, 1.54) is 55.2 Å². The molecule has 0 saturated heterocycles. The molecule has 32 heavy (non-hydrogen) atoms. The highest BCUT2D eigenvalue weighted by atomic mass is 14.2. The predicted molar refractivity (Wildman–Crippen MR) is 139 cm³/mol. The van der Waals surface area contributed by atoms with E-state index in [0.717, 1.165) is 12.6 Å². The zero-order valence-corrected chi connectivity index (χ0v) is 18.4. The number of aryl methyl sites for hydroxylation is 1. The molecule has 1 heterocycles. The molecule has 1 heteroatoms. The Bertz CT molecular complexity index is 1350. The van der Waals surface area contributed by atoms with Crippen LogP contribution in [0.4, 0.5) is 0 Å². The molecule has 0 radical (unpaired) electrons. The molecule has 0 bridgehead atoms. The zero-order chi connectivity index (χ0) is 21.5. The maximum absolute atomic E-state index is 2.36. The van der Waals surface area contributed by atoms with Crippen LogP contribution in [-0.4, -0.2) is 6.71 Å². The van der Waals surface area contributed by atoms with E-state index in [2.05, 4.69) is 116 Å². The van der Waals surface area contributed by atoms with Crippen LogP contribution in [0.3, 0.4) is 0 Å². The third kappa shape index (κ3) is 3.17. The Hall–Kier alpha value is -3.58. The molecule has 6 rings (SSSR count). The van der Waals surface area contributed by atoms with Gasteiger partial charge in [-0.1, -0.05) is 115 Å². The number of benzene rings is 5. The Morgan fingerprint density at radius 2 is 1.09 bits per heavy atom. The molecule has 0 fully saturated rings. The summed E-state index contributed by atoms with van der Waals surface area (Å²) in [5.41, 5.74) is 11.1. The van der Waals surface area contributed by atoms with Crippen molar-refractivity contribution in [2.75, 3.05) is 0 Å². The fourth-order valence-electron chi connectivity index (χ4n) is 5.60. The summed E-state index contributed by atoms with van der Waals surface area (Å²) in [6.07, 6.45) is 2.16. The normalized spacial score (nSPS) is 12.8. The van der Waals surface area contributed by atoms with Gasteiger partial charge in [0.15, 0.2) is 6.71 Å². The summed E-state index contributed by atoms with van der Waals surface area (Å²) < 4.78 is 0. The average Bonchev–Trinajstić information content (AvgIpc) is 2.86. The van der Waals surface area contributed by atoms with Gasteiger partial charge >= 0.3 is 0 Å². The summed E-state index contributed by atoms with van der Waals surface area (Å²) in [4.78, 5) is 0. The molecule has 0 N–H and O–H groups in total. The minimum absolute atomic E-state index is 0.447. The van der Waals surface area contributed by atoms with E-state index < -0.39 is 0 Å². The Labute approximate surface area is 190 Å². The molecule has 0 amide bonds. The van der Waals surface area contributed by atoms with Crippen LogP contribution in [0.15, 0.2) is 109 Å². The van der Waals surface area contributed by atoms with Gasteiger partial charge in [0.2, 0.25) is 0 Å². The lowest BCUT2D eigenvalue weighted by Gasteiger charge is -2.28. The SMILES string of the molecule is Cc1ccc2c3c(cccc13)CB(c1c(-c3ccccc3)cccc1-c1ccccc1)C2. The van der Waals surface area contributed by atoms with Crippen molar-refractivity contribution in [3.63, 3.8) is 0 Å². The highest BCUT2D eigenvalue weighted by Crippen LogP contribution is 2.34. The Kier molecular flexibility index (Phi) is 4.69. The first kappa shape index (κ1) is 19.1. The number of rotatable bonds is 3. The van der Waals surface area contributed by atoms with Gasteiger partial charge in [-0.05, 0) is 69.3 Å². The Morgan fingerprint density at radius 1 is 0.531 bits per heavy atom. The smallest absolute Gasteiger partial charge is 0.0640 e. The van der Waals surface area contributed by atoms with E-state index in [1.54, 1.807) is 0 Å². The van der Waals surface area contributed by atoms with E-state index in [0.29, 0.717) is 6.71 Å². The summed E-state index contributed by atoms with van der Waals surface area (Å²) in [7, 11) is 0. The second-order valence-electron chi connectivity index (χ2n) is 8.99. The third-order valence-corrected chi connectivity index (χ3v) is 7.05. The minimum Gasteiger partial charge on any atom is -0.0640 e. The fourth-order valence-corrected chi connectivity index (χ4v) is 5.60. The average molecular weight is 408 g/mol. The van der Waals surface area contributed by atoms with Crippen molar-refractivity contribution in [2.45, 2.75) is 19.6 Å². The van der Waals surface area contributed by atoms with Crippen LogP contribution < -0.4 is 5.46 Å². The summed E-state index contributed by atoms with van der Waals surface area (Å²) >= 11 is 0. The van der Waals surface area contributed by atoms with Gasteiger partial charge in [0.25, 0.3) is 0 Å². The van der Waals surface area contributed by atoms with Crippen LogP contribution in [0.2, 0.25) is 0 Å². The fraction of sp³-hybridized carbons (Fsp3) is 0.0968. The van der Waals surface area contributed by atoms with Crippen LogP contribution in [-0.2, 0) is 12.6 Å². The Balaban J connectivity index is 1.57. The molecule has 1 aliphatic rings. The molecular weight excluding hydrogens is 383 g/mol. The van der Waals surface area contributed by atoms with E-state index in [1.807, 2.05) is 0 Å².